The number of aliphatic hydroxyl groups is 1. The predicted molar refractivity (Wildman–Crippen MR) is 83.4 cm³/mol. The van der Waals surface area contributed by atoms with Crippen LogP contribution in [0.3, 0.4) is 0 Å². The van der Waals surface area contributed by atoms with Crippen molar-refractivity contribution in [1.29, 1.82) is 0 Å². The van der Waals surface area contributed by atoms with Gasteiger partial charge < -0.3 is 15.2 Å². The second kappa shape index (κ2) is 9.04. The number of benzene rings is 1. The average molecular weight is 289 g/mol. The molecule has 1 rings (SSSR count). The van der Waals surface area contributed by atoms with Crippen LogP contribution < -0.4 is 10.1 Å². The molecule has 0 fully saturated rings. The maximum Gasteiger partial charge on any atom is 0.251 e. The molecule has 0 aliphatic heterocycles. The van der Waals surface area contributed by atoms with Crippen molar-refractivity contribution in [3.63, 3.8) is 0 Å². The summed E-state index contributed by atoms with van der Waals surface area (Å²) in [6, 6.07) is 5.33. The van der Waals surface area contributed by atoms with E-state index in [1.54, 1.807) is 25.3 Å². The van der Waals surface area contributed by atoms with E-state index in [1.165, 1.54) is 0 Å². The summed E-state index contributed by atoms with van der Waals surface area (Å²) >= 11 is 0. The summed E-state index contributed by atoms with van der Waals surface area (Å²) in [5.41, 5.74) is 1.22. The van der Waals surface area contributed by atoms with Crippen LogP contribution in [0, 0.1) is 11.8 Å². The van der Waals surface area contributed by atoms with Gasteiger partial charge >= 0.3 is 0 Å². The maximum atomic E-state index is 12.2. The van der Waals surface area contributed by atoms with E-state index in [0.29, 0.717) is 23.3 Å². The van der Waals surface area contributed by atoms with Crippen molar-refractivity contribution in [3.8, 4) is 17.6 Å². The van der Waals surface area contributed by atoms with E-state index in [4.69, 9.17) is 9.84 Å². The Kier molecular flexibility index (Phi) is 7.34. The molecule has 0 aliphatic rings. The third kappa shape index (κ3) is 5.49. The highest BCUT2D eigenvalue weighted by atomic mass is 16.5. The second-order valence-corrected chi connectivity index (χ2v) is 4.85. The standard InChI is InChI=1S/C17H23NO3/c1-4-7-13(2)18-17(20)15-9-10-16(21-3)14(12-15)8-5-6-11-19/h9-10,12-13,19H,4,6-7,11H2,1-3H3,(H,18,20). The zero-order chi connectivity index (χ0) is 15.7. The zero-order valence-corrected chi connectivity index (χ0v) is 12.9. The third-order valence-corrected chi connectivity index (χ3v) is 3.02. The Morgan fingerprint density at radius 1 is 1.48 bits per heavy atom. The molecule has 0 aliphatic carbocycles. The highest BCUT2D eigenvalue weighted by Gasteiger charge is 2.11. The highest BCUT2D eigenvalue weighted by molar-refractivity contribution is 5.95. The quantitative estimate of drug-likeness (QED) is 0.790. The topological polar surface area (TPSA) is 58.6 Å². The average Bonchev–Trinajstić information content (AvgIpc) is 2.47. The van der Waals surface area contributed by atoms with Crippen molar-refractivity contribution in [2.75, 3.05) is 13.7 Å². The minimum absolute atomic E-state index is 0.0179. The Labute approximate surface area is 126 Å². The van der Waals surface area contributed by atoms with Crippen LogP contribution in [0.2, 0.25) is 0 Å². The first-order valence-electron chi connectivity index (χ1n) is 7.21. The molecular weight excluding hydrogens is 266 g/mol. The number of hydrogen-bond acceptors (Lipinski definition) is 3. The first-order valence-corrected chi connectivity index (χ1v) is 7.21. The monoisotopic (exact) mass is 289 g/mol. The van der Waals surface area contributed by atoms with Gasteiger partial charge in [0.25, 0.3) is 5.91 Å². The number of methoxy groups -OCH3 is 1. The Balaban J connectivity index is 2.92. The van der Waals surface area contributed by atoms with Gasteiger partial charge in [0.05, 0.1) is 19.3 Å². The molecule has 1 atom stereocenters. The molecule has 0 saturated carbocycles. The lowest BCUT2D eigenvalue weighted by Crippen LogP contribution is -2.32. The molecule has 2 N–H and O–H groups in total. The number of ether oxygens (including phenoxy) is 1. The van der Waals surface area contributed by atoms with Gasteiger partial charge in [0.2, 0.25) is 0 Å². The van der Waals surface area contributed by atoms with E-state index in [2.05, 4.69) is 24.1 Å². The lowest BCUT2D eigenvalue weighted by molar-refractivity contribution is 0.0938. The summed E-state index contributed by atoms with van der Waals surface area (Å²) < 4.78 is 5.23. The number of carbonyl (C=O) groups excluding carboxylic acids is 1. The van der Waals surface area contributed by atoms with Gasteiger partial charge in [-0.15, -0.1) is 0 Å². The molecule has 0 aromatic heterocycles. The third-order valence-electron chi connectivity index (χ3n) is 3.02. The maximum absolute atomic E-state index is 12.2. The molecule has 114 valence electrons. The highest BCUT2D eigenvalue weighted by Crippen LogP contribution is 2.19. The molecule has 1 unspecified atom stereocenters. The summed E-state index contributed by atoms with van der Waals surface area (Å²) in [6.07, 6.45) is 2.38. The van der Waals surface area contributed by atoms with E-state index < -0.39 is 0 Å². The SMILES string of the molecule is CCCC(C)NC(=O)c1ccc(OC)c(C#CCCO)c1. The predicted octanol–water partition coefficient (Wildman–Crippen LogP) is 2.35. The smallest absolute Gasteiger partial charge is 0.251 e. The minimum atomic E-state index is -0.108. The molecule has 0 saturated heterocycles. The van der Waals surface area contributed by atoms with Crippen molar-refractivity contribution in [2.24, 2.45) is 0 Å². The largest absolute Gasteiger partial charge is 0.495 e. The van der Waals surface area contributed by atoms with Crippen LogP contribution in [0.15, 0.2) is 18.2 Å². The number of amides is 1. The summed E-state index contributed by atoms with van der Waals surface area (Å²) in [5.74, 6) is 6.28. The van der Waals surface area contributed by atoms with Crippen molar-refractivity contribution in [2.45, 2.75) is 39.2 Å². The van der Waals surface area contributed by atoms with E-state index in [0.717, 1.165) is 12.8 Å². The van der Waals surface area contributed by atoms with Gasteiger partial charge in [-0.25, -0.2) is 0 Å². The van der Waals surface area contributed by atoms with Gasteiger partial charge in [-0.1, -0.05) is 25.2 Å². The van der Waals surface area contributed by atoms with Crippen molar-refractivity contribution < 1.29 is 14.6 Å². The summed E-state index contributed by atoms with van der Waals surface area (Å²) in [7, 11) is 1.57. The fourth-order valence-corrected chi connectivity index (χ4v) is 1.97. The van der Waals surface area contributed by atoms with E-state index in [9.17, 15) is 4.79 Å². The Morgan fingerprint density at radius 2 is 2.24 bits per heavy atom. The number of hydrogen-bond donors (Lipinski definition) is 2. The lowest BCUT2D eigenvalue weighted by atomic mass is 10.1. The first kappa shape index (κ1) is 17.1. The van der Waals surface area contributed by atoms with Gasteiger partial charge in [0.15, 0.2) is 0 Å². The molecule has 0 radical (unpaired) electrons. The number of carbonyl (C=O) groups is 1. The second-order valence-electron chi connectivity index (χ2n) is 4.85. The van der Waals surface area contributed by atoms with Gasteiger partial charge in [-0.3, -0.25) is 4.79 Å². The van der Waals surface area contributed by atoms with Crippen LogP contribution in [0.4, 0.5) is 0 Å². The molecule has 1 aromatic carbocycles. The zero-order valence-electron chi connectivity index (χ0n) is 12.9. The minimum Gasteiger partial charge on any atom is -0.495 e. The fraction of sp³-hybridized carbons (Fsp3) is 0.471. The molecule has 1 amide bonds. The van der Waals surface area contributed by atoms with Gasteiger partial charge in [-0.05, 0) is 31.5 Å². The molecule has 0 spiro atoms. The van der Waals surface area contributed by atoms with Crippen LogP contribution in [0.1, 0.15) is 49.0 Å². The number of aliphatic hydroxyl groups excluding tert-OH is 1. The van der Waals surface area contributed by atoms with Crippen LogP contribution in [0.5, 0.6) is 5.75 Å². The van der Waals surface area contributed by atoms with Gasteiger partial charge in [0, 0.05) is 18.0 Å². The van der Waals surface area contributed by atoms with Crippen LogP contribution in [-0.2, 0) is 0 Å². The van der Waals surface area contributed by atoms with E-state index in [1.807, 2.05) is 6.92 Å². The molecule has 4 heteroatoms. The van der Waals surface area contributed by atoms with E-state index in [-0.39, 0.29) is 18.6 Å². The fourth-order valence-electron chi connectivity index (χ4n) is 1.97. The number of rotatable bonds is 6. The lowest BCUT2D eigenvalue weighted by Gasteiger charge is -2.13. The molecule has 1 aromatic rings. The van der Waals surface area contributed by atoms with Gasteiger partial charge in [-0.2, -0.15) is 0 Å². The summed E-state index contributed by atoms with van der Waals surface area (Å²) in [6.45, 7) is 4.10. The van der Waals surface area contributed by atoms with Crippen molar-refractivity contribution >= 4 is 5.91 Å². The van der Waals surface area contributed by atoms with Gasteiger partial charge in [0.1, 0.15) is 5.75 Å². The molecule has 0 heterocycles. The first-order chi connectivity index (χ1) is 10.1. The normalized spacial score (nSPS) is 11.2. The Hall–Kier alpha value is -1.99. The van der Waals surface area contributed by atoms with Crippen LogP contribution in [-0.4, -0.2) is 30.8 Å². The van der Waals surface area contributed by atoms with E-state index >= 15 is 0 Å². The van der Waals surface area contributed by atoms with Crippen molar-refractivity contribution in [1.82, 2.24) is 5.32 Å². The Bertz CT molecular complexity index is 529. The molecule has 0 bridgehead atoms. The summed E-state index contributed by atoms with van der Waals surface area (Å²) in [4.78, 5) is 12.2. The number of nitrogens with one attached hydrogen (secondary N) is 1. The Morgan fingerprint density at radius 3 is 2.86 bits per heavy atom. The molecule has 4 nitrogen and oxygen atoms in total. The van der Waals surface area contributed by atoms with Crippen molar-refractivity contribution in [3.05, 3.63) is 29.3 Å². The summed E-state index contributed by atoms with van der Waals surface area (Å²) in [5, 5.41) is 11.7. The molecular formula is C17H23NO3. The van der Waals surface area contributed by atoms with Crippen LogP contribution in [0.25, 0.3) is 0 Å². The van der Waals surface area contributed by atoms with Crippen LogP contribution >= 0.6 is 0 Å². The molecule has 21 heavy (non-hydrogen) atoms.